The van der Waals surface area contributed by atoms with E-state index in [1.807, 2.05) is 6.92 Å². The maximum absolute atomic E-state index is 10.9. The van der Waals surface area contributed by atoms with Gasteiger partial charge in [-0.05, 0) is 13.8 Å². The first kappa shape index (κ1) is 12.8. The standard InChI is InChI=1S/C9H18O3S/c1-4-12-9(11)5-6-13-8(3)7(2)10/h7-8,10H,4-6H2,1-3H3. The molecular weight excluding hydrogens is 188 g/mol. The Labute approximate surface area is 83.9 Å². The highest BCUT2D eigenvalue weighted by atomic mass is 32.2. The van der Waals surface area contributed by atoms with Crippen molar-refractivity contribution in [3.8, 4) is 0 Å². The summed E-state index contributed by atoms with van der Waals surface area (Å²) >= 11 is 1.59. The highest BCUT2D eigenvalue weighted by Crippen LogP contribution is 2.15. The molecule has 0 fully saturated rings. The zero-order valence-corrected chi connectivity index (χ0v) is 9.26. The van der Waals surface area contributed by atoms with Gasteiger partial charge in [0.1, 0.15) is 0 Å². The van der Waals surface area contributed by atoms with Crippen molar-refractivity contribution >= 4 is 17.7 Å². The van der Waals surface area contributed by atoms with Crippen LogP contribution in [0.1, 0.15) is 27.2 Å². The highest BCUT2D eigenvalue weighted by Gasteiger charge is 2.10. The van der Waals surface area contributed by atoms with Crippen molar-refractivity contribution in [2.75, 3.05) is 12.4 Å². The van der Waals surface area contributed by atoms with Gasteiger partial charge >= 0.3 is 5.97 Å². The summed E-state index contributed by atoms with van der Waals surface area (Å²) in [5.74, 6) is 0.554. The second-order valence-electron chi connectivity index (χ2n) is 2.87. The van der Waals surface area contributed by atoms with Crippen molar-refractivity contribution in [3.63, 3.8) is 0 Å². The number of hydrogen-bond acceptors (Lipinski definition) is 4. The van der Waals surface area contributed by atoms with Gasteiger partial charge in [0.15, 0.2) is 0 Å². The molecule has 0 heterocycles. The maximum atomic E-state index is 10.9. The third-order valence-corrected chi connectivity index (χ3v) is 3.03. The summed E-state index contributed by atoms with van der Waals surface area (Å²) < 4.78 is 4.77. The van der Waals surface area contributed by atoms with Gasteiger partial charge in [-0.1, -0.05) is 6.92 Å². The smallest absolute Gasteiger partial charge is 0.306 e. The number of ether oxygens (including phenoxy) is 1. The number of carbonyl (C=O) groups excluding carboxylic acids is 1. The van der Waals surface area contributed by atoms with Crippen molar-refractivity contribution in [1.29, 1.82) is 0 Å². The maximum Gasteiger partial charge on any atom is 0.306 e. The minimum absolute atomic E-state index is 0.159. The highest BCUT2D eigenvalue weighted by molar-refractivity contribution is 7.99. The number of thioether (sulfide) groups is 1. The second-order valence-corrected chi connectivity index (χ2v) is 4.36. The third-order valence-electron chi connectivity index (χ3n) is 1.67. The molecule has 0 spiro atoms. The fourth-order valence-electron chi connectivity index (χ4n) is 0.701. The van der Waals surface area contributed by atoms with E-state index in [2.05, 4.69) is 0 Å². The Kier molecular flexibility index (Phi) is 7.09. The summed E-state index contributed by atoms with van der Waals surface area (Å²) in [6, 6.07) is 0. The lowest BCUT2D eigenvalue weighted by molar-refractivity contribution is -0.142. The molecule has 0 aliphatic rings. The van der Waals surface area contributed by atoms with Gasteiger partial charge in [-0.2, -0.15) is 11.8 Å². The number of esters is 1. The van der Waals surface area contributed by atoms with Crippen molar-refractivity contribution in [1.82, 2.24) is 0 Å². The Morgan fingerprint density at radius 1 is 1.54 bits per heavy atom. The zero-order chi connectivity index (χ0) is 10.3. The number of carbonyl (C=O) groups is 1. The first-order chi connectivity index (χ1) is 6.07. The molecule has 0 radical (unpaired) electrons. The molecule has 0 aliphatic heterocycles. The summed E-state index contributed by atoms with van der Waals surface area (Å²) in [6.45, 7) is 5.93. The molecular formula is C9H18O3S. The SMILES string of the molecule is CCOC(=O)CCSC(C)C(C)O. The first-order valence-corrected chi connectivity index (χ1v) is 5.58. The fourth-order valence-corrected chi connectivity index (χ4v) is 1.64. The topological polar surface area (TPSA) is 46.5 Å². The first-order valence-electron chi connectivity index (χ1n) is 4.53. The Morgan fingerprint density at radius 2 is 2.15 bits per heavy atom. The van der Waals surface area contributed by atoms with Crippen molar-refractivity contribution in [2.45, 2.75) is 38.5 Å². The number of hydrogen-bond donors (Lipinski definition) is 1. The molecule has 3 nitrogen and oxygen atoms in total. The van der Waals surface area contributed by atoms with E-state index in [1.54, 1.807) is 25.6 Å². The van der Waals surface area contributed by atoms with Crippen LogP contribution in [0.25, 0.3) is 0 Å². The van der Waals surface area contributed by atoms with E-state index < -0.39 is 0 Å². The minimum atomic E-state index is -0.327. The van der Waals surface area contributed by atoms with Crippen LogP contribution in [-0.2, 0) is 9.53 Å². The summed E-state index contributed by atoms with van der Waals surface area (Å²) in [5, 5.41) is 9.33. The van der Waals surface area contributed by atoms with Gasteiger partial charge in [-0.25, -0.2) is 0 Å². The lowest BCUT2D eigenvalue weighted by Crippen LogP contribution is -2.16. The van der Waals surface area contributed by atoms with Gasteiger partial charge in [0, 0.05) is 11.0 Å². The summed E-state index contributed by atoms with van der Waals surface area (Å²) in [5.41, 5.74) is 0. The predicted octanol–water partition coefficient (Wildman–Crippen LogP) is 1.44. The predicted molar refractivity (Wildman–Crippen MR) is 54.9 cm³/mol. The molecule has 0 amide bonds. The molecule has 0 bridgehead atoms. The van der Waals surface area contributed by atoms with Crippen LogP contribution >= 0.6 is 11.8 Å². The number of rotatable bonds is 6. The van der Waals surface area contributed by atoms with Gasteiger partial charge in [-0.3, -0.25) is 4.79 Å². The van der Waals surface area contributed by atoms with E-state index in [4.69, 9.17) is 9.84 Å². The fraction of sp³-hybridized carbons (Fsp3) is 0.889. The lowest BCUT2D eigenvalue weighted by Gasteiger charge is -2.13. The Bertz CT molecular complexity index is 148. The van der Waals surface area contributed by atoms with Gasteiger partial charge in [0.05, 0.1) is 19.1 Å². The van der Waals surface area contributed by atoms with E-state index in [0.29, 0.717) is 18.8 Å². The molecule has 0 saturated carbocycles. The quantitative estimate of drug-likeness (QED) is 0.668. The average Bonchev–Trinajstić information content (AvgIpc) is 2.04. The van der Waals surface area contributed by atoms with Gasteiger partial charge in [-0.15, -0.1) is 0 Å². The molecule has 0 aromatic carbocycles. The lowest BCUT2D eigenvalue weighted by atomic mass is 10.3. The van der Waals surface area contributed by atoms with Crippen LogP contribution in [0.5, 0.6) is 0 Å². The van der Waals surface area contributed by atoms with E-state index >= 15 is 0 Å². The summed E-state index contributed by atoms with van der Waals surface area (Å²) in [4.78, 5) is 10.9. The molecule has 0 rings (SSSR count). The van der Waals surface area contributed by atoms with Crippen LogP contribution in [0.4, 0.5) is 0 Å². The van der Waals surface area contributed by atoms with Gasteiger partial charge in [0.25, 0.3) is 0 Å². The normalized spacial score (nSPS) is 15.1. The van der Waals surface area contributed by atoms with E-state index in [1.165, 1.54) is 0 Å². The Hall–Kier alpha value is -0.220. The molecule has 1 N–H and O–H groups in total. The summed E-state index contributed by atoms with van der Waals surface area (Å²) in [7, 11) is 0. The minimum Gasteiger partial charge on any atom is -0.466 e. The van der Waals surface area contributed by atoms with Gasteiger partial charge in [0.2, 0.25) is 0 Å². The molecule has 0 aliphatic carbocycles. The number of aliphatic hydroxyl groups excluding tert-OH is 1. The molecule has 13 heavy (non-hydrogen) atoms. The third kappa shape index (κ3) is 6.90. The van der Waals surface area contributed by atoms with Crippen LogP contribution in [-0.4, -0.2) is 34.8 Å². The second kappa shape index (κ2) is 7.21. The van der Waals surface area contributed by atoms with Crippen LogP contribution in [0.3, 0.4) is 0 Å². The largest absolute Gasteiger partial charge is 0.466 e. The number of aliphatic hydroxyl groups is 1. The van der Waals surface area contributed by atoms with Crippen molar-refractivity contribution in [3.05, 3.63) is 0 Å². The van der Waals surface area contributed by atoms with E-state index in [0.717, 1.165) is 0 Å². The van der Waals surface area contributed by atoms with Crippen LogP contribution in [0.15, 0.2) is 0 Å². The van der Waals surface area contributed by atoms with Crippen LogP contribution in [0.2, 0.25) is 0 Å². The molecule has 0 aromatic heterocycles. The molecule has 0 saturated heterocycles. The van der Waals surface area contributed by atoms with E-state index in [9.17, 15) is 4.79 Å². The van der Waals surface area contributed by atoms with Crippen LogP contribution in [0, 0.1) is 0 Å². The van der Waals surface area contributed by atoms with Crippen LogP contribution < -0.4 is 0 Å². The van der Waals surface area contributed by atoms with Gasteiger partial charge < -0.3 is 9.84 Å². The zero-order valence-electron chi connectivity index (χ0n) is 8.45. The van der Waals surface area contributed by atoms with E-state index in [-0.39, 0.29) is 17.3 Å². The molecule has 0 aromatic rings. The molecule has 2 atom stereocenters. The summed E-state index contributed by atoms with van der Waals surface area (Å²) in [6.07, 6.45) is 0.0995. The average molecular weight is 206 g/mol. The van der Waals surface area contributed by atoms with Crippen molar-refractivity contribution in [2.24, 2.45) is 0 Å². The Morgan fingerprint density at radius 3 is 2.62 bits per heavy atom. The Balaban J connectivity index is 3.39. The molecule has 4 heteroatoms. The monoisotopic (exact) mass is 206 g/mol. The molecule has 2 unspecified atom stereocenters. The van der Waals surface area contributed by atoms with Crippen molar-refractivity contribution < 1.29 is 14.6 Å². The molecule has 78 valence electrons.